The van der Waals surface area contributed by atoms with Crippen molar-refractivity contribution in [2.45, 2.75) is 26.2 Å². The Morgan fingerprint density at radius 1 is 1.40 bits per heavy atom. The summed E-state index contributed by atoms with van der Waals surface area (Å²) in [6, 6.07) is 1.41. The molecule has 20 heavy (non-hydrogen) atoms. The van der Waals surface area contributed by atoms with Gasteiger partial charge in [0, 0.05) is 19.2 Å². The predicted octanol–water partition coefficient (Wildman–Crippen LogP) is 3.01. The van der Waals surface area contributed by atoms with Crippen molar-refractivity contribution in [3.8, 4) is 0 Å². The van der Waals surface area contributed by atoms with Crippen molar-refractivity contribution in [1.82, 2.24) is 10.3 Å². The average molecular weight is 319 g/mol. The highest BCUT2D eigenvalue weighted by molar-refractivity contribution is 6.35. The summed E-state index contributed by atoms with van der Waals surface area (Å²) < 4.78 is 0. The fourth-order valence-electron chi connectivity index (χ4n) is 1.63. The van der Waals surface area contributed by atoms with Crippen molar-refractivity contribution < 1.29 is 14.7 Å². The summed E-state index contributed by atoms with van der Waals surface area (Å²) in [7, 11) is 0. The maximum atomic E-state index is 11.9. The molecule has 1 heterocycles. The molecule has 1 atom stereocenters. The number of pyridine rings is 1. The van der Waals surface area contributed by atoms with Crippen LogP contribution in [0.2, 0.25) is 10.2 Å². The fraction of sp³-hybridized carbons (Fsp3) is 0.462. The van der Waals surface area contributed by atoms with E-state index in [0.717, 1.165) is 0 Å². The van der Waals surface area contributed by atoms with Crippen molar-refractivity contribution in [1.29, 1.82) is 0 Å². The second kappa shape index (κ2) is 8.07. The van der Waals surface area contributed by atoms with E-state index in [2.05, 4.69) is 10.3 Å². The molecule has 1 aromatic heterocycles. The van der Waals surface area contributed by atoms with E-state index in [9.17, 15) is 9.59 Å². The van der Waals surface area contributed by atoms with Crippen LogP contribution in [0.25, 0.3) is 0 Å². The quantitative estimate of drug-likeness (QED) is 0.757. The molecule has 0 bridgehead atoms. The summed E-state index contributed by atoms with van der Waals surface area (Å²) in [5.41, 5.74) is 0.282. The molecule has 110 valence electrons. The van der Waals surface area contributed by atoms with E-state index in [0.29, 0.717) is 19.4 Å². The fourth-order valence-corrected chi connectivity index (χ4v) is 1.98. The summed E-state index contributed by atoms with van der Waals surface area (Å²) in [6.07, 6.45) is 2.76. The second-order valence-electron chi connectivity index (χ2n) is 4.57. The molecule has 0 aromatic carbocycles. The molecule has 0 spiro atoms. The monoisotopic (exact) mass is 318 g/mol. The van der Waals surface area contributed by atoms with E-state index >= 15 is 0 Å². The zero-order valence-electron chi connectivity index (χ0n) is 11.0. The Balaban J connectivity index is 2.40. The van der Waals surface area contributed by atoms with Gasteiger partial charge in [0.05, 0.1) is 10.6 Å². The second-order valence-corrected chi connectivity index (χ2v) is 5.36. The van der Waals surface area contributed by atoms with E-state index in [1.54, 1.807) is 0 Å². The van der Waals surface area contributed by atoms with Gasteiger partial charge >= 0.3 is 5.97 Å². The first-order chi connectivity index (χ1) is 9.40. The summed E-state index contributed by atoms with van der Waals surface area (Å²) >= 11 is 11.6. The molecule has 0 aliphatic heterocycles. The number of nitrogens with one attached hydrogen (secondary N) is 1. The number of hydrogen-bond donors (Lipinski definition) is 2. The Hall–Kier alpha value is -1.33. The highest BCUT2D eigenvalue weighted by Crippen LogP contribution is 2.18. The molecule has 1 rings (SSSR count). The van der Waals surface area contributed by atoms with Gasteiger partial charge in [-0.15, -0.1) is 0 Å². The van der Waals surface area contributed by atoms with Crippen LogP contribution in [0.4, 0.5) is 0 Å². The minimum atomic E-state index is -0.806. The van der Waals surface area contributed by atoms with Gasteiger partial charge in [0.1, 0.15) is 5.15 Å². The average Bonchev–Trinajstić information content (AvgIpc) is 2.39. The van der Waals surface area contributed by atoms with Gasteiger partial charge in [0.2, 0.25) is 0 Å². The van der Waals surface area contributed by atoms with Crippen molar-refractivity contribution in [2.75, 3.05) is 6.54 Å². The van der Waals surface area contributed by atoms with Crippen molar-refractivity contribution in [3.63, 3.8) is 0 Å². The van der Waals surface area contributed by atoms with Crippen LogP contribution in [0.15, 0.2) is 12.3 Å². The molecule has 1 amide bonds. The number of halogens is 2. The normalized spacial score (nSPS) is 11.9. The molecule has 5 nitrogen and oxygen atoms in total. The molecule has 0 aliphatic carbocycles. The molecule has 1 unspecified atom stereocenters. The number of carbonyl (C=O) groups excluding carboxylic acids is 1. The Bertz CT molecular complexity index is 495. The molecule has 0 radical (unpaired) electrons. The Morgan fingerprint density at radius 3 is 2.75 bits per heavy atom. The summed E-state index contributed by atoms with van der Waals surface area (Å²) in [5.74, 6) is -0.897. The predicted molar refractivity (Wildman–Crippen MR) is 77.2 cm³/mol. The number of carboxylic acids is 1. The lowest BCUT2D eigenvalue weighted by Crippen LogP contribution is -2.26. The van der Waals surface area contributed by atoms with Crippen LogP contribution in [0.5, 0.6) is 0 Å². The van der Waals surface area contributed by atoms with E-state index in [1.807, 2.05) is 6.92 Å². The number of nitrogens with zero attached hydrogens (tertiary/aromatic N) is 1. The molecule has 1 aromatic rings. The van der Waals surface area contributed by atoms with Gasteiger partial charge in [-0.1, -0.05) is 30.1 Å². The maximum Gasteiger partial charge on any atom is 0.303 e. The maximum absolute atomic E-state index is 11.9. The number of amides is 1. The molecular formula is C13H16Cl2N2O3. The van der Waals surface area contributed by atoms with E-state index < -0.39 is 5.97 Å². The SMILES string of the molecule is CC(CCNC(=O)c1cc(Cl)ncc1Cl)CCC(=O)O. The van der Waals surface area contributed by atoms with Gasteiger partial charge < -0.3 is 10.4 Å². The van der Waals surface area contributed by atoms with E-state index in [4.69, 9.17) is 28.3 Å². The van der Waals surface area contributed by atoms with Crippen LogP contribution in [-0.4, -0.2) is 28.5 Å². The molecule has 0 saturated carbocycles. The van der Waals surface area contributed by atoms with Crippen LogP contribution >= 0.6 is 23.2 Å². The lowest BCUT2D eigenvalue weighted by atomic mass is 10.0. The molecule has 0 aliphatic rings. The Labute approximate surface area is 127 Å². The number of aromatic nitrogens is 1. The first-order valence-corrected chi connectivity index (χ1v) is 6.96. The first-order valence-electron chi connectivity index (χ1n) is 6.21. The van der Waals surface area contributed by atoms with E-state index in [-0.39, 0.29) is 34.0 Å². The van der Waals surface area contributed by atoms with Gasteiger partial charge in [0.15, 0.2) is 0 Å². The zero-order valence-corrected chi connectivity index (χ0v) is 12.5. The van der Waals surface area contributed by atoms with Crippen LogP contribution in [-0.2, 0) is 4.79 Å². The van der Waals surface area contributed by atoms with Crippen molar-refractivity contribution in [3.05, 3.63) is 28.0 Å². The highest BCUT2D eigenvalue weighted by Gasteiger charge is 2.12. The van der Waals surface area contributed by atoms with Crippen molar-refractivity contribution in [2.24, 2.45) is 5.92 Å². The number of carbonyl (C=O) groups is 2. The van der Waals surface area contributed by atoms with Gasteiger partial charge in [-0.05, 0) is 24.8 Å². The number of hydrogen-bond acceptors (Lipinski definition) is 3. The number of aliphatic carboxylic acids is 1. The van der Waals surface area contributed by atoms with Gasteiger partial charge in [0.25, 0.3) is 5.91 Å². The van der Waals surface area contributed by atoms with E-state index in [1.165, 1.54) is 12.3 Å². The largest absolute Gasteiger partial charge is 0.481 e. The Morgan fingerprint density at radius 2 is 2.10 bits per heavy atom. The third-order valence-electron chi connectivity index (χ3n) is 2.84. The lowest BCUT2D eigenvalue weighted by Gasteiger charge is -2.11. The Kier molecular flexibility index (Phi) is 6.75. The molecule has 7 heteroatoms. The molecule has 0 saturated heterocycles. The van der Waals surface area contributed by atoms with Crippen LogP contribution in [0, 0.1) is 5.92 Å². The van der Waals surface area contributed by atoms with Crippen LogP contribution < -0.4 is 5.32 Å². The van der Waals surface area contributed by atoms with Gasteiger partial charge in [-0.2, -0.15) is 0 Å². The number of carboxylic acid groups (broad SMARTS) is 1. The number of rotatable bonds is 7. The minimum absolute atomic E-state index is 0.140. The highest BCUT2D eigenvalue weighted by atomic mass is 35.5. The molecule has 0 fully saturated rings. The summed E-state index contributed by atoms with van der Waals surface area (Å²) in [6.45, 7) is 2.40. The summed E-state index contributed by atoms with van der Waals surface area (Å²) in [5, 5.41) is 11.8. The zero-order chi connectivity index (χ0) is 15.1. The van der Waals surface area contributed by atoms with Crippen LogP contribution in [0.1, 0.15) is 36.5 Å². The van der Waals surface area contributed by atoms with Gasteiger partial charge in [-0.25, -0.2) is 4.98 Å². The minimum Gasteiger partial charge on any atom is -0.481 e. The third kappa shape index (κ3) is 5.75. The topological polar surface area (TPSA) is 79.3 Å². The van der Waals surface area contributed by atoms with Crippen LogP contribution in [0.3, 0.4) is 0 Å². The standard InChI is InChI=1S/C13H16Cl2N2O3/c1-8(2-3-12(18)19)4-5-16-13(20)9-6-11(15)17-7-10(9)14/h6-8H,2-5H2,1H3,(H,16,20)(H,18,19). The third-order valence-corrected chi connectivity index (χ3v) is 3.35. The van der Waals surface area contributed by atoms with Gasteiger partial charge in [-0.3, -0.25) is 9.59 Å². The summed E-state index contributed by atoms with van der Waals surface area (Å²) in [4.78, 5) is 26.1. The molecule has 2 N–H and O–H groups in total. The smallest absolute Gasteiger partial charge is 0.303 e. The lowest BCUT2D eigenvalue weighted by molar-refractivity contribution is -0.137. The molecular weight excluding hydrogens is 303 g/mol. The van der Waals surface area contributed by atoms with Crippen molar-refractivity contribution >= 4 is 35.1 Å². The first kappa shape index (κ1) is 16.7.